The van der Waals surface area contributed by atoms with Crippen LogP contribution in [0.2, 0.25) is 0 Å². The summed E-state index contributed by atoms with van der Waals surface area (Å²) in [6, 6.07) is 8.07. The van der Waals surface area contributed by atoms with Crippen molar-refractivity contribution in [2.75, 3.05) is 12.0 Å². The SMILES string of the molecule is CSc1nc2ccccc2c(C)c1N. The van der Waals surface area contributed by atoms with Crippen LogP contribution in [0.15, 0.2) is 29.3 Å². The normalized spacial score (nSPS) is 10.7. The molecule has 0 unspecified atom stereocenters. The largest absolute Gasteiger partial charge is 0.396 e. The van der Waals surface area contributed by atoms with E-state index in [0.29, 0.717) is 0 Å². The number of thioether (sulfide) groups is 1. The molecule has 0 spiro atoms. The van der Waals surface area contributed by atoms with Crippen LogP contribution in [0.4, 0.5) is 5.69 Å². The van der Waals surface area contributed by atoms with Crippen LogP contribution in [0.5, 0.6) is 0 Å². The number of nitrogens with zero attached hydrogens (tertiary/aromatic N) is 1. The number of anilines is 1. The van der Waals surface area contributed by atoms with Crippen LogP contribution in [-0.2, 0) is 0 Å². The molecular weight excluding hydrogens is 192 g/mol. The fourth-order valence-electron chi connectivity index (χ4n) is 1.52. The van der Waals surface area contributed by atoms with Gasteiger partial charge in [-0.3, -0.25) is 0 Å². The number of aromatic nitrogens is 1. The molecule has 0 radical (unpaired) electrons. The predicted octanol–water partition coefficient (Wildman–Crippen LogP) is 2.85. The van der Waals surface area contributed by atoms with E-state index in [-0.39, 0.29) is 0 Å². The second-order valence-electron chi connectivity index (χ2n) is 3.18. The van der Waals surface area contributed by atoms with Crippen molar-refractivity contribution in [2.45, 2.75) is 11.9 Å². The van der Waals surface area contributed by atoms with Gasteiger partial charge in [0.05, 0.1) is 11.2 Å². The molecule has 0 bridgehead atoms. The third-order valence-electron chi connectivity index (χ3n) is 2.36. The lowest BCUT2D eigenvalue weighted by atomic mass is 10.1. The summed E-state index contributed by atoms with van der Waals surface area (Å²) in [4.78, 5) is 4.49. The van der Waals surface area contributed by atoms with Crippen LogP contribution in [0.25, 0.3) is 10.9 Å². The van der Waals surface area contributed by atoms with E-state index in [1.54, 1.807) is 11.8 Å². The van der Waals surface area contributed by atoms with Crippen molar-refractivity contribution in [3.63, 3.8) is 0 Å². The topological polar surface area (TPSA) is 38.9 Å². The molecule has 1 aromatic heterocycles. The fourth-order valence-corrected chi connectivity index (χ4v) is 2.08. The van der Waals surface area contributed by atoms with Gasteiger partial charge in [-0.2, -0.15) is 0 Å². The zero-order valence-electron chi connectivity index (χ0n) is 8.24. The second-order valence-corrected chi connectivity index (χ2v) is 3.97. The molecule has 2 rings (SSSR count). The molecular formula is C11H12N2S. The summed E-state index contributed by atoms with van der Waals surface area (Å²) in [5.41, 5.74) is 8.92. The highest BCUT2D eigenvalue weighted by Crippen LogP contribution is 2.29. The van der Waals surface area contributed by atoms with Gasteiger partial charge in [-0.25, -0.2) is 4.98 Å². The van der Waals surface area contributed by atoms with Crippen molar-refractivity contribution in [3.8, 4) is 0 Å². The van der Waals surface area contributed by atoms with Crippen LogP contribution in [0, 0.1) is 6.92 Å². The highest BCUT2D eigenvalue weighted by molar-refractivity contribution is 7.98. The van der Waals surface area contributed by atoms with Gasteiger partial charge in [0, 0.05) is 5.39 Å². The molecule has 1 aromatic carbocycles. The van der Waals surface area contributed by atoms with Gasteiger partial charge in [0.25, 0.3) is 0 Å². The Morgan fingerprint density at radius 2 is 2.00 bits per heavy atom. The van der Waals surface area contributed by atoms with Gasteiger partial charge in [-0.1, -0.05) is 18.2 Å². The van der Waals surface area contributed by atoms with E-state index in [1.165, 1.54) is 0 Å². The highest BCUT2D eigenvalue weighted by Gasteiger charge is 2.07. The monoisotopic (exact) mass is 204 g/mol. The maximum Gasteiger partial charge on any atom is 0.120 e. The lowest BCUT2D eigenvalue weighted by Gasteiger charge is -2.08. The van der Waals surface area contributed by atoms with Crippen LogP contribution < -0.4 is 5.73 Å². The van der Waals surface area contributed by atoms with Crippen molar-refractivity contribution in [1.29, 1.82) is 0 Å². The average Bonchev–Trinajstić information content (AvgIpc) is 2.23. The Kier molecular flexibility index (Phi) is 2.33. The molecule has 3 heteroatoms. The first-order chi connectivity index (χ1) is 6.74. The number of nitrogens with two attached hydrogens (primary N) is 1. The standard InChI is InChI=1S/C11H12N2S/c1-7-8-5-3-4-6-9(8)13-11(14-2)10(7)12/h3-6H,12H2,1-2H3. The molecule has 0 atom stereocenters. The van der Waals surface area contributed by atoms with Crippen LogP contribution >= 0.6 is 11.8 Å². The Bertz CT molecular complexity index is 480. The van der Waals surface area contributed by atoms with Gasteiger partial charge in [0.2, 0.25) is 0 Å². The third kappa shape index (κ3) is 1.34. The van der Waals surface area contributed by atoms with Crippen molar-refractivity contribution >= 4 is 28.4 Å². The van der Waals surface area contributed by atoms with Gasteiger partial charge in [0.15, 0.2) is 0 Å². The van der Waals surface area contributed by atoms with Crippen molar-refractivity contribution in [2.24, 2.45) is 0 Å². The van der Waals surface area contributed by atoms with E-state index < -0.39 is 0 Å². The molecule has 0 amide bonds. The molecule has 72 valence electrons. The number of fused-ring (bicyclic) bond motifs is 1. The van der Waals surface area contributed by atoms with E-state index in [0.717, 1.165) is 27.2 Å². The fraction of sp³-hybridized carbons (Fsp3) is 0.182. The number of benzene rings is 1. The smallest absolute Gasteiger partial charge is 0.120 e. The molecule has 2 N–H and O–H groups in total. The maximum atomic E-state index is 5.98. The molecule has 1 heterocycles. The number of para-hydroxylation sites is 1. The van der Waals surface area contributed by atoms with E-state index in [4.69, 9.17) is 5.73 Å². The quantitative estimate of drug-likeness (QED) is 0.726. The highest BCUT2D eigenvalue weighted by atomic mass is 32.2. The first-order valence-electron chi connectivity index (χ1n) is 4.43. The number of rotatable bonds is 1. The second kappa shape index (κ2) is 3.50. The van der Waals surface area contributed by atoms with Crippen LogP contribution in [0.3, 0.4) is 0 Å². The molecule has 2 aromatic rings. The number of pyridine rings is 1. The minimum absolute atomic E-state index is 0.802. The number of nitrogen functional groups attached to an aromatic ring is 1. The summed E-state index contributed by atoms with van der Waals surface area (Å²) in [7, 11) is 0. The zero-order valence-corrected chi connectivity index (χ0v) is 9.06. The average molecular weight is 204 g/mol. The van der Waals surface area contributed by atoms with Crippen LogP contribution in [0.1, 0.15) is 5.56 Å². The summed E-state index contributed by atoms with van der Waals surface area (Å²) < 4.78 is 0. The van der Waals surface area contributed by atoms with Gasteiger partial charge in [-0.15, -0.1) is 11.8 Å². The molecule has 0 saturated heterocycles. The number of aryl methyl sites for hydroxylation is 1. The van der Waals surface area contributed by atoms with Gasteiger partial charge in [-0.05, 0) is 24.8 Å². The molecule has 14 heavy (non-hydrogen) atoms. The minimum atomic E-state index is 0.802. The summed E-state index contributed by atoms with van der Waals surface area (Å²) in [5.74, 6) is 0. The predicted molar refractivity (Wildman–Crippen MR) is 62.7 cm³/mol. The molecule has 0 saturated carbocycles. The number of hydrogen-bond acceptors (Lipinski definition) is 3. The van der Waals surface area contributed by atoms with Gasteiger partial charge in [0.1, 0.15) is 5.03 Å². The molecule has 0 aliphatic rings. The van der Waals surface area contributed by atoms with E-state index >= 15 is 0 Å². The molecule has 2 nitrogen and oxygen atoms in total. The summed E-state index contributed by atoms with van der Waals surface area (Å²) >= 11 is 1.59. The zero-order chi connectivity index (χ0) is 10.1. The first-order valence-corrected chi connectivity index (χ1v) is 5.65. The Hall–Kier alpha value is -1.22. The molecule has 0 aliphatic heterocycles. The Morgan fingerprint density at radius 1 is 1.29 bits per heavy atom. The summed E-state index contributed by atoms with van der Waals surface area (Å²) in [5, 5.41) is 2.06. The van der Waals surface area contributed by atoms with Gasteiger partial charge < -0.3 is 5.73 Å². The van der Waals surface area contributed by atoms with Gasteiger partial charge >= 0.3 is 0 Å². The lowest BCUT2D eigenvalue weighted by Crippen LogP contribution is -1.96. The molecule has 0 aliphatic carbocycles. The van der Waals surface area contributed by atoms with Crippen molar-refractivity contribution < 1.29 is 0 Å². The van der Waals surface area contributed by atoms with E-state index in [9.17, 15) is 0 Å². The Labute approximate surface area is 87.5 Å². The minimum Gasteiger partial charge on any atom is -0.396 e. The third-order valence-corrected chi connectivity index (χ3v) is 3.06. The van der Waals surface area contributed by atoms with E-state index in [1.807, 2.05) is 31.4 Å². The van der Waals surface area contributed by atoms with Crippen LogP contribution in [-0.4, -0.2) is 11.2 Å². The maximum absolute atomic E-state index is 5.98. The number of hydrogen-bond donors (Lipinski definition) is 1. The molecule has 0 fully saturated rings. The van der Waals surface area contributed by atoms with E-state index in [2.05, 4.69) is 11.1 Å². The summed E-state index contributed by atoms with van der Waals surface area (Å²) in [6.45, 7) is 2.04. The van der Waals surface area contributed by atoms with Crippen molar-refractivity contribution in [1.82, 2.24) is 4.98 Å². The summed E-state index contributed by atoms with van der Waals surface area (Å²) in [6.07, 6.45) is 1.99. The van der Waals surface area contributed by atoms with Crippen molar-refractivity contribution in [3.05, 3.63) is 29.8 Å². The lowest BCUT2D eigenvalue weighted by molar-refractivity contribution is 1.18. The first kappa shape index (κ1) is 9.34. The Morgan fingerprint density at radius 3 is 2.71 bits per heavy atom. The Balaban J connectivity index is 2.85.